The molecule has 1 aromatic carbocycles. The molecule has 6 heteroatoms. The Hall–Kier alpha value is -2.18. The molecule has 0 aliphatic carbocycles. The highest BCUT2D eigenvalue weighted by molar-refractivity contribution is 5.76. The zero-order chi connectivity index (χ0) is 15.2. The highest BCUT2D eigenvalue weighted by Crippen LogP contribution is 2.17. The van der Waals surface area contributed by atoms with Gasteiger partial charge in [0.05, 0.1) is 25.5 Å². The van der Waals surface area contributed by atoms with Crippen LogP contribution in [0.25, 0.3) is 11.5 Å². The summed E-state index contributed by atoms with van der Waals surface area (Å²) in [5, 5.41) is 6.11. The molecule has 2 aromatic rings. The summed E-state index contributed by atoms with van der Waals surface area (Å²) in [6.45, 7) is 2.44. The van der Waals surface area contributed by atoms with E-state index < -0.39 is 0 Å². The van der Waals surface area contributed by atoms with E-state index in [-0.39, 0.29) is 11.9 Å². The van der Waals surface area contributed by atoms with E-state index in [2.05, 4.69) is 15.6 Å². The number of nitrogens with zero attached hydrogens (tertiary/aromatic N) is 1. The van der Waals surface area contributed by atoms with Crippen molar-refractivity contribution < 1.29 is 13.9 Å². The van der Waals surface area contributed by atoms with E-state index in [0.29, 0.717) is 37.8 Å². The van der Waals surface area contributed by atoms with Gasteiger partial charge in [-0.25, -0.2) is 4.98 Å². The van der Waals surface area contributed by atoms with E-state index in [1.54, 1.807) is 6.26 Å². The number of benzene rings is 1. The standard InChI is InChI=1S/C16H19N3O3/c20-15(8-13-10-21-7-6-17-13)18-9-14-11-22-16(19-14)12-4-2-1-3-5-12/h1-5,11,13,17H,6-10H2,(H,18,20)/t13-/m0/s1. The summed E-state index contributed by atoms with van der Waals surface area (Å²) in [5.41, 5.74) is 1.63. The Balaban J connectivity index is 1.49. The van der Waals surface area contributed by atoms with Crippen LogP contribution in [0.4, 0.5) is 0 Å². The molecular weight excluding hydrogens is 282 g/mol. The number of carbonyl (C=O) groups excluding carboxylic acids is 1. The number of amides is 1. The predicted octanol–water partition coefficient (Wildman–Crippen LogP) is 1.34. The quantitative estimate of drug-likeness (QED) is 0.871. The van der Waals surface area contributed by atoms with Crippen LogP contribution >= 0.6 is 0 Å². The Morgan fingerprint density at radius 1 is 1.36 bits per heavy atom. The van der Waals surface area contributed by atoms with Gasteiger partial charge < -0.3 is 19.8 Å². The van der Waals surface area contributed by atoms with Crippen molar-refractivity contribution in [3.8, 4) is 11.5 Å². The number of carbonyl (C=O) groups is 1. The topological polar surface area (TPSA) is 76.4 Å². The van der Waals surface area contributed by atoms with Crippen LogP contribution in [0, 0.1) is 0 Å². The van der Waals surface area contributed by atoms with Crippen LogP contribution in [0.1, 0.15) is 12.1 Å². The first-order valence-corrected chi connectivity index (χ1v) is 7.39. The molecule has 0 saturated carbocycles. The van der Waals surface area contributed by atoms with Crippen molar-refractivity contribution in [1.82, 2.24) is 15.6 Å². The highest BCUT2D eigenvalue weighted by Gasteiger charge is 2.17. The monoisotopic (exact) mass is 301 g/mol. The van der Waals surface area contributed by atoms with Crippen molar-refractivity contribution >= 4 is 5.91 Å². The maximum atomic E-state index is 11.9. The van der Waals surface area contributed by atoms with Crippen LogP contribution in [0.5, 0.6) is 0 Å². The van der Waals surface area contributed by atoms with Gasteiger partial charge in [0.25, 0.3) is 0 Å². The number of morpholine rings is 1. The molecule has 22 heavy (non-hydrogen) atoms. The molecule has 1 saturated heterocycles. The first kappa shape index (κ1) is 14.7. The van der Waals surface area contributed by atoms with Crippen LogP contribution in [0.2, 0.25) is 0 Å². The minimum Gasteiger partial charge on any atom is -0.444 e. The van der Waals surface area contributed by atoms with E-state index in [4.69, 9.17) is 9.15 Å². The molecule has 2 heterocycles. The third-order valence-electron chi connectivity index (χ3n) is 3.47. The van der Waals surface area contributed by atoms with Gasteiger partial charge in [-0.1, -0.05) is 18.2 Å². The molecule has 1 atom stereocenters. The van der Waals surface area contributed by atoms with Gasteiger partial charge in [-0.15, -0.1) is 0 Å². The number of ether oxygens (including phenoxy) is 1. The van der Waals surface area contributed by atoms with E-state index in [1.807, 2.05) is 30.3 Å². The number of oxazole rings is 1. The summed E-state index contributed by atoms with van der Waals surface area (Å²) in [4.78, 5) is 16.3. The van der Waals surface area contributed by atoms with Gasteiger partial charge in [0.1, 0.15) is 6.26 Å². The molecule has 1 aliphatic rings. The van der Waals surface area contributed by atoms with Crippen molar-refractivity contribution in [3.63, 3.8) is 0 Å². The smallest absolute Gasteiger partial charge is 0.226 e. The minimum atomic E-state index is -0.0211. The summed E-state index contributed by atoms with van der Waals surface area (Å²) < 4.78 is 10.8. The molecule has 3 rings (SSSR count). The van der Waals surface area contributed by atoms with Crippen molar-refractivity contribution in [2.75, 3.05) is 19.8 Å². The molecule has 1 fully saturated rings. The second kappa shape index (κ2) is 7.20. The first-order chi connectivity index (χ1) is 10.8. The summed E-state index contributed by atoms with van der Waals surface area (Å²) in [7, 11) is 0. The fraction of sp³-hybridized carbons (Fsp3) is 0.375. The van der Waals surface area contributed by atoms with E-state index >= 15 is 0 Å². The highest BCUT2D eigenvalue weighted by atomic mass is 16.5. The molecule has 1 amide bonds. The van der Waals surface area contributed by atoms with Crippen LogP contribution < -0.4 is 10.6 Å². The lowest BCUT2D eigenvalue weighted by atomic mass is 10.2. The van der Waals surface area contributed by atoms with Crippen molar-refractivity contribution in [2.24, 2.45) is 0 Å². The maximum absolute atomic E-state index is 11.9. The van der Waals surface area contributed by atoms with Gasteiger partial charge in [-0.3, -0.25) is 4.79 Å². The van der Waals surface area contributed by atoms with Crippen LogP contribution in [-0.4, -0.2) is 36.7 Å². The second-order valence-electron chi connectivity index (χ2n) is 5.22. The zero-order valence-electron chi connectivity index (χ0n) is 12.2. The van der Waals surface area contributed by atoms with Gasteiger partial charge in [-0.05, 0) is 12.1 Å². The lowest BCUT2D eigenvalue weighted by Crippen LogP contribution is -2.44. The lowest BCUT2D eigenvalue weighted by Gasteiger charge is -2.23. The normalized spacial score (nSPS) is 18.1. The average Bonchev–Trinajstić information content (AvgIpc) is 3.04. The number of nitrogens with one attached hydrogen (secondary N) is 2. The molecule has 116 valence electrons. The predicted molar refractivity (Wildman–Crippen MR) is 81.0 cm³/mol. The lowest BCUT2D eigenvalue weighted by molar-refractivity contribution is -0.122. The van der Waals surface area contributed by atoms with E-state index in [0.717, 1.165) is 12.1 Å². The summed E-state index contributed by atoms with van der Waals surface area (Å²) in [6.07, 6.45) is 1.98. The SMILES string of the molecule is O=C(C[C@H]1COCCN1)NCc1coc(-c2ccccc2)n1. The Morgan fingerprint density at radius 2 is 2.23 bits per heavy atom. The van der Waals surface area contributed by atoms with Gasteiger partial charge >= 0.3 is 0 Å². The molecule has 2 N–H and O–H groups in total. The molecular formula is C16H19N3O3. The van der Waals surface area contributed by atoms with Crippen molar-refractivity contribution in [2.45, 2.75) is 19.0 Å². The second-order valence-corrected chi connectivity index (χ2v) is 5.22. The maximum Gasteiger partial charge on any atom is 0.226 e. The largest absolute Gasteiger partial charge is 0.444 e. The number of hydrogen-bond donors (Lipinski definition) is 2. The van der Waals surface area contributed by atoms with Crippen molar-refractivity contribution in [3.05, 3.63) is 42.3 Å². The number of aromatic nitrogens is 1. The summed E-state index contributed by atoms with van der Waals surface area (Å²) in [5.74, 6) is 0.541. The van der Waals surface area contributed by atoms with Gasteiger partial charge in [0.2, 0.25) is 11.8 Å². The fourth-order valence-electron chi connectivity index (χ4n) is 2.34. The molecule has 0 bridgehead atoms. The fourth-order valence-corrected chi connectivity index (χ4v) is 2.34. The van der Waals surface area contributed by atoms with Crippen molar-refractivity contribution in [1.29, 1.82) is 0 Å². The Kier molecular flexibility index (Phi) is 4.82. The molecule has 1 aliphatic heterocycles. The molecule has 0 spiro atoms. The zero-order valence-corrected chi connectivity index (χ0v) is 12.2. The minimum absolute atomic E-state index is 0.0211. The third-order valence-corrected chi connectivity index (χ3v) is 3.47. The Bertz CT molecular complexity index is 606. The molecule has 0 radical (unpaired) electrons. The number of rotatable bonds is 5. The van der Waals surface area contributed by atoms with Crippen LogP contribution in [0.15, 0.2) is 41.0 Å². The molecule has 1 aromatic heterocycles. The van der Waals surface area contributed by atoms with Crippen LogP contribution in [-0.2, 0) is 16.1 Å². The summed E-state index contributed by atoms with van der Waals surface area (Å²) >= 11 is 0. The molecule has 0 unspecified atom stereocenters. The van der Waals surface area contributed by atoms with E-state index in [1.165, 1.54) is 0 Å². The third kappa shape index (κ3) is 3.93. The Morgan fingerprint density at radius 3 is 3.00 bits per heavy atom. The Labute approximate surface area is 128 Å². The number of hydrogen-bond acceptors (Lipinski definition) is 5. The van der Waals surface area contributed by atoms with Crippen LogP contribution in [0.3, 0.4) is 0 Å². The molecule has 6 nitrogen and oxygen atoms in total. The summed E-state index contributed by atoms with van der Waals surface area (Å²) in [6, 6.07) is 9.76. The van der Waals surface area contributed by atoms with Gasteiger partial charge in [-0.2, -0.15) is 0 Å². The average molecular weight is 301 g/mol. The first-order valence-electron chi connectivity index (χ1n) is 7.39. The van der Waals surface area contributed by atoms with E-state index in [9.17, 15) is 4.79 Å². The van der Waals surface area contributed by atoms with Gasteiger partial charge in [0, 0.05) is 24.6 Å². The van der Waals surface area contributed by atoms with Gasteiger partial charge in [0.15, 0.2) is 0 Å².